The molecule has 0 aliphatic rings. The van der Waals surface area contributed by atoms with Gasteiger partial charge in [0.25, 0.3) is 0 Å². The van der Waals surface area contributed by atoms with Crippen molar-refractivity contribution < 1.29 is 0 Å². The van der Waals surface area contributed by atoms with E-state index in [0.29, 0.717) is 0 Å². The first-order valence-electron chi connectivity index (χ1n) is 6.98. The number of aryl methyl sites for hydroxylation is 1. The van der Waals surface area contributed by atoms with Crippen LogP contribution in [0.2, 0.25) is 0 Å². The maximum atomic E-state index is 4.61. The van der Waals surface area contributed by atoms with Crippen LogP contribution in [-0.2, 0) is 19.4 Å². The summed E-state index contributed by atoms with van der Waals surface area (Å²) in [5.41, 5.74) is 3.90. The Morgan fingerprint density at radius 2 is 2.16 bits per heavy atom. The van der Waals surface area contributed by atoms with Gasteiger partial charge < -0.3 is 5.32 Å². The Balaban J connectivity index is 1.74. The molecule has 19 heavy (non-hydrogen) atoms. The van der Waals surface area contributed by atoms with Crippen molar-refractivity contribution in [3.05, 3.63) is 39.3 Å². The Bertz CT molecular complexity index is 500. The fourth-order valence-corrected chi connectivity index (χ4v) is 3.15. The highest BCUT2D eigenvalue weighted by atomic mass is 32.1. The lowest BCUT2D eigenvalue weighted by atomic mass is 10.1. The summed E-state index contributed by atoms with van der Waals surface area (Å²) in [4.78, 5) is 1.45. The molecule has 0 aliphatic carbocycles. The summed E-state index contributed by atoms with van der Waals surface area (Å²) >= 11 is 1.83. The van der Waals surface area contributed by atoms with Crippen LogP contribution >= 0.6 is 11.3 Å². The van der Waals surface area contributed by atoms with Crippen LogP contribution in [-0.4, -0.2) is 22.9 Å². The van der Waals surface area contributed by atoms with Crippen molar-refractivity contribution in [1.82, 2.24) is 15.1 Å². The summed E-state index contributed by atoms with van der Waals surface area (Å²) in [6.07, 6.45) is 2.19. The second-order valence-electron chi connectivity index (χ2n) is 4.81. The largest absolute Gasteiger partial charge is 0.315 e. The van der Waals surface area contributed by atoms with Gasteiger partial charge in [-0.05, 0) is 43.7 Å². The number of rotatable bonds is 7. The highest BCUT2D eigenvalue weighted by Gasteiger charge is 2.08. The van der Waals surface area contributed by atoms with Gasteiger partial charge in [0, 0.05) is 23.7 Å². The highest BCUT2D eigenvalue weighted by Crippen LogP contribution is 2.13. The molecule has 0 aromatic carbocycles. The fourth-order valence-electron chi connectivity index (χ4n) is 2.44. The number of nitrogens with zero attached hydrogens (tertiary/aromatic N) is 2. The third-order valence-electron chi connectivity index (χ3n) is 3.51. The molecule has 2 rings (SSSR count). The van der Waals surface area contributed by atoms with E-state index in [4.69, 9.17) is 0 Å². The molecule has 0 aliphatic heterocycles. The zero-order valence-electron chi connectivity index (χ0n) is 12.1. The molecule has 0 atom stereocenters. The number of aromatic nitrogens is 2. The van der Waals surface area contributed by atoms with E-state index in [0.717, 1.165) is 32.5 Å². The summed E-state index contributed by atoms with van der Waals surface area (Å²) in [5.74, 6) is 0. The lowest BCUT2D eigenvalue weighted by molar-refractivity contribution is 0.544. The van der Waals surface area contributed by atoms with Gasteiger partial charge >= 0.3 is 0 Å². The van der Waals surface area contributed by atoms with Crippen LogP contribution in [0.4, 0.5) is 0 Å². The summed E-state index contributed by atoms with van der Waals surface area (Å²) in [6.45, 7) is 9.45. The van der Waals surface area contributed by atoms with E-state index in [1.54, 1.807) is 0 Å². The van der Waals surface area contributed by atoms with Gasteiger partial charge in [0.2, 0.25) is 0 Å². The summed E-state index contributed by atoms with van der Waals surface area (Å²) in [6, 6.07) is 4.31. The van der Waals surface area contributed by atoms with E-state index in [-0.39, 0.29) is 0 Å². The molecule has 0 saturated carbocycles. The second kappa shape index (κ2) is 6.87. The molecule has 0 unspecified atom stereocenters. The molecule has 104 valence electrons. The molecule has 0 spiro atoms. The topological polar surface area (TPSA) is 29.9 Å². The molecule has 3 nitrogen and oxygen atoms in total. The lowest BCUT2D eigenvalue weighted by Gasteiger charge is -2.06. The first-order valence-corrected chi connectivity index (χ1v) is 7.86. The third-order valence-corrected chi connectivity index (χ3v) is 4.45. The predicted octanol–water partition coefficient (Wildman–Crippen LogP) is 2.96. The quantitative estimate of drug-likeness (QED) is 0.789. The molecule has 4 heteroatoms. The third kappa shape index (κ3) is 3.67. The smallest absolute Gasteiger partial charge is 0.0628 e. The van der Waals surface area contributed by atoms with Gasteiger partial charge in [0.05, 0.1) is 12.2 Å². The summed E-state index contributed by atoms with van der Waals surface area (Å²) < 4.78 is 2.13. The van der Waals surface area contributed by atoms with Crippen molar-refractivity contribution in [2.24, 2.45) is 0 Å². The molecule has 2 aromatic heterocycles. The molecule has 2 heterocycles. The van der Waals surface area contributed by atoms with Crippen LogP contribution in [0.1, 0.15) is 28.8 Å². The van der Waals surface area contributed by atoms with E-state index >= 15 is 0 Å². The van der Waals surface area contributed by atoms with Gasteiger partial charge in [0.1, 0.15) is 0 Å². The Morgan fingerprint density at radius 1 is 1.32 bits per heavy atom. The first kappa shape index (κ1) is 14.3. The van der Waals surface area contributed by atoms with Crippen molar-refractivity contribution in [3.63, 3.8) is 0 Å². The molecular formula is C15H23N3S. The van der Waals surface area contributed by atoms with Crippen molar-refractivity contribution in [1.29, 1.82) is 0 Å². The van der Waals surface area contributed by atoms with Gasteiger partial charge in [0.15, 0.2) is 0 Å². The minimum atomic E-state index is 0.955. The Hall–Kier alpha value is -1.13. The zero-order valence-corrected chi connectivity index (χ0v) is 12.9. The SMILES string of the molecule is CCc1c(C)nn(CCNCCc2cccs2)c1C. The number of nitrogens with one attached hydrogen (secondary N) is 1. The molecular weight excluding hydrogens is 254 g/mol. The van der Waals surface area contributed by atoms with Gasteiger partial charge in [-0.15, -0.1) is 11.3 Å². The van der Waals surface area contributed by atoms with Crippen molar-refractivity contribution in [3.8, 4) is 0 Å². The molecule has 0 amide bonds. The van der Waals surface area contributed by atoms with E-state index in [1.165, 1.54) is 21.8 Å². The minimum absolute atomic E-state index is 0.955. The van der Waals surface area contributed by atoms with Crippen LogP contribution in [0.5, 0.6) is 0 Å². The van der Waals surface area contributed by atoms with E-state index in [9.17, 15) is 0 Å². The fraction of sp³-hybridized carbons (Fsp3) is 0.533. The van der Waals surface area contributed by atoms with E-state index in [1.807, 2.05) is 11.3 Å². The molecule has 0 fully saturated rings. The van der Waals surface area contributed by atoms with Crippen LogP contribution in [0.15, 0.2) is 17.5 Å². The molecule has 0 bridgehead atoms. The van der Waals surface area contributed by atoms with Gasteiger partial charge in [-0.3, -0.25) is 4.68 Å². The first-order chi connectivity index (χ1) is 9.22. The molecule has 2 aromatic rings. The molecule has 1 N–H and O–H groups in total. The number of thiophene rings is 1. The van der Waals surface area contributed by atoms with E-state index in [2.05, 4.69) is 53.4 Å². The molecule has 0 radical (unpaired) electrons. The van der Waals surface area contributed by atoms with Gasteiger partial charge in [-0.2, -0.15) is 5.10 Å². The summed E-state index contributed by atoms with van der Waals surface area (Å²) in [7, 11) is 0. The normalized spacial score (nSPS) is 11.1. The number of hydrogen-bond acceptors (Lipinski definition) is 3. The maximum absolute atomic E-state index is 4.61. The summed E-state index contributed by atoms with van der Waals surface area (Å²) in [5, 5.41) is 10.2. The van der Waals surface area contributed by atoms with Gasteiger partial charge in [-0.1, -0.05) is 13.0 Å². The lowest BCUT2D eigenvalue weighted by Crippen LogP contribution is -2.23. The van der Waals surface area contributed by atoms with Crippen molar-refractivity contribution >= 4 is 11.3 Å². The Labute approximate surface area is 119 Å². The zero-order chi connectivity index (χ0) is 13.7. The monoisotopic (exact) mass is 277 g/mol. The van der Waals surface area contributed by atoms with Crippen molar-refractivity contribution in [2.45, 2.75) is 40.2 Å². The molecule has 0 saturated heterocycles. The average molecular weight is 277 g/mol. The number of hydrogen-bond donors (Lipinski definition) is 1. The van der Waals surface area contributed by atoms with E-state index < -0.39 is 0 Å². The Morgan fingerprint density at radius 3 is 2.79 bits per heavy atom. The van der Waals surface area contributed by atoms with Gasteiger partial charge in [-0.25, -0.2) is 0 Å². The highest BCUT2D eigenvalue weighted by molar-refractivity contribution is 7.09. The standard InChI is InChI=1S/C15H23N3S/c1-4-15-12(2)17-18(13(15)3)10-9-16-8-7-14-6-5-11-19-14/h5-6,11,16H,4,7-10H2,1-3H3. The second-order valence-corrected chi connectivity index (χ2v) is 5.84. The van der Waals surface area contributed by atoms with Crippen LogP contribution in [0, 0.1) is 13.8 Å². The van der Waals surface area contributed by atoms with Crippen molar-refractivity contribution in [2.75, 3.05) is 13.1 Å². The Kier molecular flexibility index (Phi) is 5.16. The van der Waals surface area contributed by atoms with Crippen LogP contribution in [0.3, 0.4) is 0 Å². The minimum Gasteiger partial charge on any atom is -0.315 e. The average Bonchev–Trinajstić information content (AvgIpc) is 2.98. The predicted molar refractivity (Wildman–Crippen MR) is 82.0 cm³/mol. The maximum Gasteiger partial charge on any atom is 0.0628 e. The van der Waals surface area contributed by atoms with Crippen LogP contribution < -0.4 is 5.32 Å². The van der Waals surface area contributed by atoms with Crippen LogP contribution in [0.25, 0.3) is 0 Å².